The largest absolute Gasteiger partial charge is 0.488 e. The molecule has 4 aromatic rings. The molecule has 1 heterocycles. The SMILES string of the molecule is Cc1cc(OCc2ccccc2)c(C(=O)Cc2ccc3ccn(C)c3c2)cc1C(C)C. The van der Waals surface area contributed by atoms with Crippen molar-refractivity contribution in [2.45, 2.75) is 39.7 Å². The highest BCUT2D eigenvalue weighted by atomic mass is 16.5. The molecule has 0 fully saturated rings. The summed E-state index contributed by atoms with van der Waals surface area (Å²) in [5, 5.41) is 1.18. The minimum absolute atomic E-state index is 0.0820. The Balaban J connectivity index is 1.65. The van der Waals surface area contributed by atoms with Crippen molar-refractivity contribution >= 4 is 16.7 Å². The number of benzene rings is 3. The lowest BCUT2D eigenvalue weighted by Gasteiger charge is -2.17. The molecule has 0 amide bonds. The fourth-order valence-corrected chi connectivity index (χ4v) is 4.09. The topological polar surface area (TPSA) is 31.2 Å². The normalized spacial score (nSPS) is 11.3. The van der Waals surface area contributed by atoms with Crippen LogP contribution in [0.5, 0.6) is 5.75 Å². The first-order valence-corrected chi connectivity index (χ1v) is 10.8. The van der Waals surface area contributed by atoms with Gasteiger partial charge in [0.25, 0.3) is 0 Å². The van der Waals surface area contributed by atoms with Crippen LogP contribution >= 0.6 is 0 Å². The first kappa shape index (κ1) is 20.9. The van der Waals surface area contributed by atoms with Gasteiger partial charge in [0.05, 0.1) is 5.56 Å². The molecule has 3 nitrogen and oxygen atoms in total. The highest BCUT2D eigenvalue weighted by Gasteiger charge is 2.18. The van der Waals surface area contributed by atoms with Crippen LogP contribution in [0.25, 0.3) is 10.9 Å². The molecular formula is C28H29NO2. The second kappa shape index (κ2) is 8.81. The second-order valence-corrected chi connectivity index (χ2v) is 8.55. The lowest BCUT2D eigenvalue weighted by atomic mass is 9.92. The van der Waals surface area contributed by atoms with Crippen LogP contribution in [-0.2, 0) is 20.1 Å². The molecule has 4 rings (SSSR count). The zero-order chi connectivity index (χ0) is 22.0. The number of rotatable bonds is 7. The third kappa shape index (κ3) is 4.56. The molecule has 0 unspecified atom stereocenters. The molecule has 3 aromatic carbocycles. The van der Waals surface area contributed by atoms with E-state index in [2.05, 4.69) is 43.5 Å². The summed E-state index contributed by atoms with van der Waals surface area (Å²) >= 11 is 0. The maximum atomic E-state index is 13.4. The molecule has 158 valence electrons. The molecule has 3 heteroatoms. The minimum atomic E-state index is 0.0820. The van der Waals surface area contributed by atoms with Gasteiger partial charge in [-0.25, -0.2) is 0 Å². The number of nitrogens with zero attached hydrogens (tertiary/aromatic N) is 1. The van der Waals surface area contributed by atoms with Gasteiger partial charge in [-0.3, -0.25) is 4.79 Å². The highest BCUT2D eigenvalue weighted by Crippen LogP contribution is 2.30. The molecule has 0 N–H and O–H groups in total. The van der Waals surface area contributed by atoms with Crippen LogP contribution in [0.2, 0.25) is 0 Å². The molecule has 0 bridgehead atoms. The van der Waals surface area contributed by atoms with Gasteiger partial charge < -0.3 is 9.30 Å². The predicted octanol–water partition coefficient (Wildman–Crippen LogP) is 6.61. The van der Waals surface area contributed by atoms with Gasteiger partial charge in [0.1, 0.15) is 12.4 Å². The summed E-state index contributed by atoms with van der Waals surface area (Å²) in [6, 6.07) is 22.4. The number of hydrogen-bond acceptors (Lipinski definition) is 2. The van der Waals surface area contributed by atoms with Crippen LogP contribution in [0.3, 0.4) is 0 Å². The molecule has 0 aliphatic rings. The summed E-state index contributed by atoms with van der Waals surface area (Å²) in [4.78, 5) is 13.4. The van der Waals surface area contributed by atoms with Crippen molar-refractivity contribution in [1.29, 1.82) is 0 Å². The monoisotopic (exact) mass is 411 g/mol. The average Bonchev–Trinajstić information content (AvgIpc) is 3.13. The van der Waals surface area contributed by atoms with E-state index in [1.54, 1.807) is 0 Å². The van der Waals surface area contributed by atoms with E-state index in [1.165, 1.54) is 10.9 Å². The Morgan fingerprint density at radius 1 is 0.968 bits per heavy atom. The van der Waals surface area contributed by atoms with E-state index in [0.717, 1.165) is 22.2 Å². The van der Waals surface area contributed by atoms with E-state index in [9.17, 15) is 4.79 Å². The van der Waals surface area contributed by atoms with E-state index in [0.29, 0.717) is 30.3 Å². The number of aryl methyl sites for hydroxylation is 2. The summed E-state index contributed by atoms with van der Waals surface area (Å²) in [5.74, 6) is 1.09. The van der Waals surface area contributed by atoms with Gasteiger partial charge in [-0.15, -0.1) is 0 Å². The van der Waals surface area contributed by atoms with E-state index in [1.807, 2.05) is 61.8 Å². The molecule has 0 atom stereocenters. The summed E-state index contributed by atoms with van der Waals surface area (Å²) in [6.45, 7) is 6.84. The van der Waals surface area contributed by atoms with Gasteiger partial charge in [0.2, 0.25) is 0 Å². The molecular weight excluding hydrogens is 382 g/mol. The Hall–Kier alpha value is -3.33. The quantitative estimate of drug-likeness (QED) is 0.320. The minimum Gasteiger partial charge on any atom is -0.488 e. The fraction of sp³-hybridized carbons (Fsp3) is 0.250. The maximum Gasteiger partial charge on any atom is 0.170 e. The second-order valence-electron chi connectivity index (χ2n) is 8.55. The molecule has 0 aliphatic heterocycles. The van der Waals surface area contributed by atoms with Crippen molar-refractivity contribution in [3.05, 3.63) is 101 Å². The van der Waals surface area contributed by atoms with E-state index in [4.69, 9.17) is 4.74 Å². The van der Waals surface area contributed by atoms with Crippen LogP contribution in [0, 0.1) is 6.92 Å². The first-order valence-electron chi connectivity index (χ1n) is 10.8. The molecule has 31 heavy (non-hydrogen) atoms. The number of Topliss-reactive ketones (excluding diaryl/α,β-unsaturated/α-hetero) is 1. The molecule has 0 spiro atoms. The third-order valence-electron chi connectivity index (χ3n) is 5.85. The van der Waals surface area contributed by atoms with Crippen molar-refractivity contribution in [2.75, 3.05) is 0 Å². The van der Waals surface area contributed by atoms with Crippen molar-refractivity contribution < 1.29 is 9.53 Å². The summed E-state index contributed by atoms with van der Waals surface area (Å²) in [7, 11) is 2.03. The van der Waals surface area contributed by atoms with Crippen LogP contribution in [0.4, 0.5) is 0 Å². The number of ether oxygens (including phenoxy) is 1. The lowest BCUT2D eigenvalue weighted by molar-refractivity contribution is 0.0988. The Morgan fingerprint density at radius 2 is 1.74 bits per heavy atom. The molecule has 0 saturated heterocycles. The van der Waals surface area contributed by atoms with Crippen molar-refractivity contribution in [3.8, 4) is 5.75 Å². The van der Waals surface area contributed by atoms with Crippen LogP contribution in [0.1, 0.15) is 52.4 Å². The van der Waals surface area contributed by atoms with Gasteiger partial charge in [-0.2, -0.15) is 0 Å². The van der Waals surface area contributed by atoms with Gasteiger partial charge in [-0.1, -0.05) is 56.3 Å². The number of fused-ring (bicyclic) bond motifs is 1. The number of carbonyl (C=O) groups excluding carboxylic acids is 1. The van der Waals surface area contributed by atoms with Crippen molar-refractivity contribution in [3.63, 3.8) is 0 Å². The van der Waals surface area contributed by atoms with Crippen LogP contribution in [0.15, 0.2) is 72.9 Å². The Labute approximate surface area is 184 Å². The lowest BCUT2D eigenvalue weighted by Crippen LogP contribution is -2.09. The molecule has 0 saturated carbocycles. The van der Waals surface area contributed by atoms with E-state index >= 15 is 0 Å². The smallest absolute Gasteiger partial charge is 0.170 e. The number of hydrogen-bond donors (Lipinski definition) is 0. The van der Waals surface area contributed by atoms with Gasteiger partial charge in [-0.05, 0) is 64.7 Å². The highest BCUT2D eigenvalue weighted by molar-refractivity contribution is 6.00. The van der Waals surface area contributed by atoms with E-state index in [-0.39, 0.29) is 5.78 Å². The third-order valence-corrected chi connectivity index (χ3v) is 5.85. The number of aromatic nitrogens is 1. The Kier molecular flexibility index (Phi) is 5.94. The summed E-state index contributed by atoms with van der Waals surface area (Å²) in [5.41, 5.74) is 6.24. The molecule has 0 aliphatic carbocycles. The molecule has 0 radical (unpaired) electrons. The van der Waals surface area contributed by atoms with Crippen molar-refractivity contribution in [2.24, 2.45) is 7.05 Å². The molecule has 1 aromatic heterocycles. The fourth-order valence-electron chi connectivity index (χ4n) is 4.09. The Bertz CT molecular complexity index is 1220. The van der Waals surface area contributed by atoms with Crippen molar-refractivity contribution in [1.82, 2.24) is 4.57 Å². The van der Waals surface area contributed by atoms with Gasteiger partial charge >= 0.3 is 0 Å². The van der Waals surface area contributed by atoms with Crippen LogP contribution < -0.4 is 4.74 Å². The van der Waals surface area contributed by atoms with Gasteiger partial charge in [0.15, 0.2) is 5.78 Å². The standard InChI is InChI=1S/C28H29NO2/c1-19(2)24-17-25(28(14-20(24)3)31-18-21-8-6-5-7-9-21)27(30)16-22-10-11-23-12-13-29(4)26(23)15-22/h5-15,17,19H,16,18H2,1-4H3. The average molecular weight is 412 g/mol. The first-order chi connectivity index (χ1) is 14.9. The van der Waals surface area contributed by atoms with E-state index < -0.39 is 0 Å². The summed E-state index contributed by atoms with van der Waals surface area (Å²) < 4.78 is 8.23. The zero-order valence-electron chi connectivity index (χ0n) is 18.7. The zero-order valence-corrected chi connectivity index (χ0v) is 18.7. The number of ketones is 1. The van der Waals surface area contributed by atoms with Gasteiger partial charge in [0, 0.05) is 25.2 Å². The Morgan fingerprint density at radius 3 is 2.48 bits per heavy atom. The predicted molar refractivity (Wildman–Crippen MR) is 127 cm³/mol. The maximum absolute atomic E-state index is 13.4. The number of carbonyl (C=O) groups is 1. The summed E-state index contributed by atoms with van der Waals surface area (Å²) in [6.07, 6.45) is 2.39. The van der Waals surface area contributed by atoms with Crippen LogP contribution in [-0.4, -0.2) is 10.4 Å².